The van der Waals surface area contributed by atoms with Crippen LogP contribution in [-0.2, 0) is 0 Å². The highest BCUT2D eigenvalue weighted by Crippen LogP contribution is 2.30. The van der Waals surface area contributed by atoms with Crippen LogP contribution in [0.1, 0.15) is 20.8 Å². The van der Waals surface area contributed by atoms with E-state index in [0.717, 1.165) is 4.80 Å². The molecule has 0 aliphatic heterocycles. The molecule has 0 bridgehead atoms. The summed E-state index contributed by atoms with van der Waals surface area (Å²) in [5.41, 5.74) is 0.989. The van der Waals surface area contributed by atoms with Gasteiger partial charge in [-0.3, -0.25) is 9.59 Å². The lowest BCUT2D eigenvalue weighted by molar-refractivity contribution is 0.0812. The maximum absolute atomic E-state index is 12.0. The van der Waals surface area contributed by atoms with Crippen LogP contribution in [0.25, 0.3) is 11.3 Å². The van der Waals surface area contributed by atoms with Crippen molar-refractivity contribution in [3.05, 3.63) is 35.5 Å². The van der Waals surface area contributed by atoms with Gasteiger partial charge in [0.25, 0.3) is 5.78 Å². The minimum atomic E-state index is -0.739. The number of benzene rings is 1. The Morgan fingerprint density at radius 2 is 1.60 bits per heavy atom. The minimum Gasteiger partial charge on any atom is -0.328 e. The molecule has 0 N–H and O–H groups in total. The number of fused-ring (bicyclic) bond motifs is 3. The quantitative estimate of drug-likeness (QED) is 0.662. The van der Waals surface area contributed by atoms with Crippen molar-refractivity contribution in [3.63, 3.8) is 0 Å². The lowest BCUT2D eigenvalue weighted by Crippen LogP contribution is -2.29. The van der Waals surface area contributed by atoms with Crippen LogP contribution in [0.4, 0.5) is 4.79 Å². The molecule has 0 saturated heterocycles. The Labute approximate surface area is 113 Å². The first-order valence-electron chi connectivity index (χ1n) is 5.88. The molecule has 1 aromatic heterocycles. The zero-order chi connectivity index (χ0) is 14.4. The Kier molecular flexibility index (Phi) is 2.50. The molecule has 1 amide bonds. The third-order valence-electron chi connectivity index (χ3n) is 3.02. The van der Waals surface area contributed by atoms with Crippen molar-refractivity contribution in [2.24, 2.45) is 0 Å². The van der Waals surface area contributed by atoms with Crippen molar-refractivity contribution >= 4 is 17.6 Å². The van der Waals surface area contributed by atoms with E-state index in [1.165, 1.54) is 4.90 Å². The van der Waals surface area contributed by atoms with Crippen LogP contribution in [0, 0.1) is 0 Å². The minimum absolute atomic E-state index is 0.0797. The van der Waals surface area contributed by atoms with Gasteiger partial charge in [0.15, 0.2) is 5.69 Å². The van der Waals surface area contributed by atoms with E-state index >= 15 is 0 Å². The number of carbonyl (C=O) groups is 3. The third kappa shape index (κ3) is 1.56. The summed E-state index contributed by atoms with van der Waals surface area (Å²) in [5.74, 6) is -1.37. The van der Waals surface area contributed by atoms with Crippen LogP contribution in [0.15, 0.2) is 24.3 Å². The molecule has 7 nitrogen and oxygen atoms in total. The fourth-order valence-corrected chi connectivity index (χ4v) is 2.02. The topological polar surface area (TPSA) is 85.2 Å². The van der Waals surface area contributed by atoms with Crippen LogP contribution in [0.5, 0.6) is 0 Å². The van der Waals surface area contributed by atoms with Gasteiger partial charge in [0.05, 0.1) is 0 Å². The van der Waals surface area contributed by atoms with E-state index in [9.17, 15) is 14.4 Å². The molecular formula is C13H10N4O3. The molecule has 0 saturated carbocycles. The SMILES string of the molecule is CN(C)C(=O)n1nc2c(n1)-c1ccccc1C(=O)C2=O. The Morgan fingerprint density at radius 3 is 2.25 bits per heavy atom. The van der Waals surface area contributed by atoms with Gasteiger partial charge in [0.1, 0.15) is 5.69 Å². The molecule has 7 heteroatoms. The van der Waals surface area contributed by atoms with Crippen LogP contribution < -0.4 is 0 Å². The van der Waals surface area contributed by atoms with Crippen LogP contribution >= 0.6 is 0 Å². The van der Waals surface area contributed by atoms with Crippen molar-refractivity contribution in [1.82, 2.24) is 19.9 Å². The van der Waals surface area contributed by atoms with E-state index in [0.29, 0.717) is 5.56 Å². The fourth-order valence-electron chi connectivity index (χ4n) is 2.02. The molecular weight excluding hydrogens is 260 g/mol. The molecule has 0 unspecified atom stereocenters. The molecule has 0 fully saturated rings. The number of hydrogen-bond acceptors (Lipinski definition) is 5. The van der Waals surface area contributed by atoms with Gasteiger partial charge in [0, 0.05) is 25.2 Å². The van der Waals surface area contributed by atoms with Crippen LogP contribution in [-0.4, -0.2) is 51.6 Å². The first kappa shape index (κ1) is 12.2. The molecule has 0 radical (unpaired) electrons. The molecule has 3 rings (SSSR count). The summed E-state index contributed by atoms with van der Waals surface area (Å²) in [6.45, 7) is 0. The molecule has 1 aliphatic rings. The highest BCUT2D eigenvalue weighted by molar-refractivity contribution is 6.52. The van der Waals surface area contributed by atoms with E-state index in [2.05, 4.69) is 10.2 Å². The standard InChI is InChI=1S/C13H10N4O3/c1-16(2)13(20)17-14-9-7-5-3-4-6-8(7)11(18)12(19)10(9)15-17/h3-6H,1-2H3. The van der Waals surface area contributed by atoms with Crippen molar-refractivity contribution < 1.29 is 14.4 Å². The number of amides is 1. The zero-order valence-electron chi connectivity index (χ0n) is 10.8. The fraction of sp³-hybridized carbons (Fsp3) is 0.154. The summed E-state index contributed by atoms with van der Waals surface area (Å²) < 4.78 is 0. The molecule has 0 spiro atoms. The van der Waals surface area contributed by atoms with E-state index < -0.39 is 17.6 Å². The third-order valence-corrected chi connectivity index (χ3v) is 3.02. The van der Waals surface area contributed by atoms with Gasteiger partial charge in [-0.15, -0.1) is 10.2 Å². The first-order chi connectivity index (χ1) is 9.50. The lowest BCUT2D eigenvalue weighted by Gasteiger charge is -2.10. The molecule has 20 heavy (non-hydrogen) atoms. The van der Waals surface area contributed by atoms with Crippen LogP contribution in [0.3, 0.4) is 0 Å². The van der Waals surface area contributed by atoms with Gasteiger partial charge in [-0.25, -0.2) is 4.79 Å². The Bertz CT molecular complexity index is 761. The number of hydrogen-bond donors (Lipinski definition) is 0. The number of ketones is 2. The van der Waals surface area contributed by atoms with E-state index in [4.69, 9.17) is 0 Å². The van der Waals surface area contributed by atoms with Gasteiger partial charge < -0.3 is 4.90 Å². The number of nitrogens with zero attached hydrogens (tertiary/aromatic N) is 4. The highest BCUT2D eigenvalue weighted by atomic mass is 16.2. The predicted octanol–water partition coefficient (Wildman–Crippen LogP) is 0.854. The first-order valence-corrected chi connectivity index (χ1v) is 5.88. The number of rotatable bonds is 0. The molecule has 1 aromatic carbocycles. The number of aromatic nitrogens is 3. The maximum Gasteiger partial charge on any atom is 0.361 e. The van der Waals surface area contributed by atoms with Gasteiger partial charge in [-0.1, -0.05) is 29.1 Å². The molecule has 2 aromatic rings. The Morgan fingerprint density at radius 1 is 1.00 bits per heavy atom. The van der Waals surface area contributed by atoms with Crippen molar-refractivity contribution in [1.29, 1.82) is 0 Å². The lowest BCUT2D eigenvalue weighted by atomic mass is 9.90. The van der Waals surface area contributed by atoms with Gasteiger partial charge in [0.2, 0.25) is 5.78 Å². The monoisotopic (exact) mass is 270 g/mol. The summed E-state index contributed by atoms with van der Waals surface area (Å²) in [4.78, 5) is 37.9. The molecule has 1 aliphatic carbocycles. The van der Waals surface area contributed by atoms with Crippen molar-refractivity contribution in [2.45, 2.75) is 0 Å². The van der Waals surface area contributed by atoms with E-state index in [1.54, 1.807) is 38.4 Å². The normalized spacial score (nSPS) is 12.9. The highest BCUT2D eigenvalue weighted by Gasteiger charge is 2.35. The van der Waals surface area contributed by atoms with Gasteiger partial charge in [-0.2, -0.15) is 0 Å². The zero-order valence-corrected chi connectivity index (χ0v) is 10.8. The average molecular weight is 270 g/mol. The summed E-state index contributed by atoms with van der Waals surface area (Å²) in [5, 5.41) is 7.89. The summed E-state index contributed by atoms with van der Waals surface area (Å²) >= 11 is 0. The summed E-state index contributed by atoms with van der Waals surface area (Å²) in [7, 11) is 3.09. The summed E-state index contributed by atoms with van der Waals surface area (Å²) in [6.07, 6.45) is 0. The Hall–Kier alpha value is -2.83. The number of Topliss-reactive ketones (excluding diaryl/α,β-unsaturated/α-hetero) is 2. The van der Waals surface area contributed by atoms with Crippen molar-refractivity contribution in [2.75, 3.05) is 14.1 Å². The largest absolute Gasteiger partial charge is 0.361 e. The smallest absolute Gasteiger partial charge is 0.328 e. The maximum atomic E-state index is 12.0. The van der Waals surface area contributed by atoms with Gasteiger partial charge >= 0.3 is 6.03 Å². The molecule has 0 atom stereocenters. The second kappa shape index (κ2) is 4.09. The predicted molar refractivity (Wildman–Crippen MR) is 68.6 cm³/mol. The number of carbonyl (C=O) groups excluding carboxylic acids is 3. The van der Waals surface area contributed by atoms with Crippen LogP contribution in [0.2, 0.25) is 0 Å². The Balaban J connectivity index is 2.23. The average Bonchev–Trinajstić information content (AvgIpc) is 2.89. The van der Waals surface area contributed by atoms with E-state index in [1.807, 2.05) is 0 Å². The summed E-state index contributed by atoms with van der Waals surface area (Å²) in [6, 6.07) is 6.16. The van der Waals surface area contributed by atoms with Gasteiger partial charge in [-0.05, 0) is 0 Å². The van der Waals surface area contributed by atoms with E-state index in [-0.39, 0.29) is 17.0 Å². The second-order valence-corrected chi connectivity index (χ2v) is 4.57. The molecule has 1 heterocycles. The van der Waals surface area contributed by atoms with Crippen molar-refractivity contribution in [3.8, 4) is 11.3 Å². The molecule has 100 valence electrons. The second-order valence-electron chi connectivity index (χ2n) is 4.57.